The van der Waals surface area contributed by atoms with Crippen molar-refractivity contribution in [3.8, 4) is 5.75 Å². The highest BCUT2D eigenvalue weighted by molar-refractivity contribution is 6.01. The number of hydrogen-bond acceptors (Lipinski definition) is 3. The summed E-state index contributed by atoms with van der Waals surface area (Å²) in [6.07, 6.45) is 0. The van der Waals surface area contributed by atoms with Crippen molar-refractivity contribution in [2.45, 2.75) is 6.92 Å². The van der Waals surface area contributed by atoms with E-state index in [9.17, 15) is 14.7 Å². The SMILES string of the molecule is Cc1c(C(=O)O)[nH]c2cc(C(=O)O)c(O)cc12. The van der Waals surface area contributed by atoms with Gasteiger partial charge in [0.1, 0.15) is 17.0 Å². The summed E-state index contributed by atoms with van der Waals surface area (Å²) in [7, 11) is 0. The van der Waals surface area contributed by atoms with Crippen LogP contribution in [-0.2, 0) is 0 Å². The van der Waals surface area contributed by atoms with Crippen LogP contribution in [0.2, 0.25) is 0 Å². The first-order valence-corrected chi connectivity index (χ1v) is 4.73. The summed E-state index contributed by atoms with van der Waals surface area (Å²) in [6, 6.07) is 2.46. The van der Waals surface area contributed by atoms with Crippen molar-refractivity contribution in [1.82, 2.24) is 4.98 Å². The molecule has 17 heavy (non-hydrogen) atoms. The molecule has 0 spiro atoms. The van der Waals surface area contributed by atoms with Crippen molar-refractivity contribution < 1.29 is 24.9 Å². The number of aromatic carboxylic acids is 2. The van der Waals surface area contributed by atoms with Gasteiger partial charge >= 0.3 is 11.9 Å². The van der Waals surface area contributed by atoms with Crippen LogP contribution in [0.25, 0.3) is 10.9 Å². The summed E-state index contributed by atoms with van der Waals surface area (Å²) in [5, 5.41) is 27.7. The minimum Gasteiger partial charge on any atom is -0.507 e. The maximum atomic E-state index is 10.9. The average molecular weight is 235 g/mol. The van der Waals surface area contributed by atoms with Gasteiger partial charge in [-0.1, -0.05) is 0 Å². The van der Waals surface area contributed by atoms with Gasteiger partial charge in [-0.15, -0.1) is 0 Å². The quantitative estimate of drug-likeness (QED) is 0.631. The Morgan fingerprint density at radius 3 is 2.35 bits per heavy atom. The number of phenols is 1. The molecule has 0 unspecified atom stereocenters. The van der Waals surface area contributed by atoms with Gasteiger partial charge < -0.3 is 20.3 Å². The van der Waals surface area contributed by atoms with Crippen LogP contribution < -0.4 is 0 Å². The zero-order valence-corrected chi connectivity index (χ0v) is 8.81. The summed E-state index contributed by atoms with van der Waals surface area (Å²) in [5.41, 5.74) is 0.549. The Morgan fingerprint density at radius 2 is 1.82 bits per heavy atom. The zero-order chi connectivity index (χ0) is 12.7. The second-order valence-corrected chi connectivity index (χ2v) is 3.65. The first-order chi connectivity index (χ1) is 7.91. The number of carbonyl (C=O) groups is 2. The van der Waals surface area contributed by atoms with Crippen LogP contribution in [0.3, 0.4) is 0 Å². The maximum absolute atomic E-state index is 10.9. The van der Waals surface area contributed by atoms with Crippen molar-refractivity contribution >= 4 is 22.8 Å². The summed E-state index contributed by atoms with van der Waals surface area (Å²) in [6.45, 7) is 1.59. The minimum atomic E-state index is -1.27. The highest BCUT2D eigenvalue weighted by atomic mass is 16.4. The van der Waals surface area contributed by atoms with E-state index in [-0.39, 0.29) is 17.0 Å². The fourth-order valence-electron chi connectivity index (χ4n) is 1.75. The fourth-order valence-corrected chi connectivity index (χ4v) is 1.75. The Balaban J connectivity index is 2.80. The smallest absolute Gasteiger partial charge is 0.352 e. The summed E-state index contributed by atoms with van der Waals surface area (Å²) in [4.78, 5) is 24.3. The molecule has 0 amide bonds. The molecule has 2 rings (SSSR count). The first-order valence-electron chi connectivity index (χ1n) is 4.73. The Morgan fingerprint density at radius 1 is 1.18 bits per heavy atom. The van der Waals surface area contributed by atoms with Crippen LogP contribution in [0, 0.1) is 6.92 Å². The fraction of sp³-hybridized carbons (Fsp3) is 0.0909. The first kappa shape index (κ1) is 11.0. The Kier molecular flexibility index (Phi) is 2.27. The van der Waals surface area contributed by atoms with E-state index in [1.165, 1.54) is 12.1 Å². The van der Waals surface area contributed by atoms with Gasteiger partial charge in [-0.05, 0) is 24.6 Å². The standard InChI is InChI=1S/C11H9NO5/c1-4-5-3-8(13)6(10(14)15)2-7(5)12-9(4)11(16)17/h2-3,12-13H,1H3,(H,14,15)(H,16,17). The average Bonchev–Trinajstić information content (AvgIpc) is 2.55. The third-order valence-electron chi connectivity index (χ3n) is 2.62. The van der Waals surface area contributed by atoms with Crippen molar-refractivity contribution in [3.05, 3.63) is 29.0 Å². The highest BCUT2D eigenvalue weighted by Crippen LogP contribution is 2.28. The number of aromatic amines is 1. The van der Waals surface area contributed by atoms with Crippen LogP contribution in [0.15, 0.2) is 12.1 Å². The van der Waals surface area contributed by atoms with E-state index in [4.69, 9.17) is 10.2 Å². The summed E-state index contributed by atoms with van der Waals surface area (Å²) < 4.78 is 0. The van der Waals surface area contributed by atoms with E-state index in [1.54, 1.807) is 6.92 Å². The van der Waals surface area contributed by atoms with Crippen LogP contribution in [0.5, 0.6) is 5.75 Å². The molecule has 0 fully saturated rings. The van der Waals surface area contributed by atoms with E-state index >= 15 is 0 Å². The molecule has 1 aromatic carbocycles. The number of benzene rings is 1. The molecule has 0 atom stereocenters. The van der Waals surface area contributed by atoms with Gasteiger partial charge in [0.2, 0.25) is 0 Å². The number of aromatic nitrogens is 1. The van der Waals surface area contributed by atoms with E-state index < -0.39 is 11.9 Å². The topological polar surface area (TPSA) is 111 Å². The second kappa shape index (κ2) is 3.51. The summed E-state index contributed by atoms with van der Waals surface area (Å²) in [5.74, 6) is -2.78. The maximum Gasteiger partial charge on any atom is 0.352 e. The number of aromatic hydroxyl groups is 1. The van der Waals surface area contributed by atoms with E-state index in [0.29, 0.717) is 16.5 Å². The van der Waals surface area contributed by atoms with E-state index in [2.05, 4.69) is 4.98 Å². The molecule has 6 nitrogen and oxygen atoms in total. The van der Waals surface area contributed by atoms with E-state index in [1.807, 2.05) is 0 Å². The van der Waals surface area contributed by atoms with Crippen LogP contribution in [0.4, 0.5) is 0 Å². The number of nitrogens with one attached hydrogen (secondary N) is 1. The Hall–Kier alpha value is -2.50. The van der Waals surface area contributed by atoms with Crippen LogP contribution >= 0.6 is 0 Å². The number of H-pyrrole nitrogens is 1. The molecule has 0 aliphatic rings. The third kappa shape index (κ3) is 1.59. The molecule has 6 heteroatoms. The lowest BCUT2D eigenvalue weighted by Gasteiger charge is -1.99. The lowest BCUT2D eigenvalue weighted by atomic mass is 10.1. The molecule has 0 saturated heterocycles. The second-order valence-electron chi connectivity index (χ2n) is 3.65. The predicted molar refractivity (Wildman–Crippen MR) is 58.6 cm³/mol. The highest BCUT2D eigenvalue weighted by Gasteiger charge is 2.17. The number of aryl methyl sites for hydroxylation is 1. The predicted octanol–water partition coefficient (Wildman–Crippen LogP) is 1.58. The zero-order valence-electron chi connectivity index (χ0n) is 8.81. The van der Waals surface area contributed by atoms with Gasteiger partial charge in [0.25, 0.3) is 0 Å². The van der Waals surface area contributed by atoms with E-state index in [0.717, 1.165) is 0 Å². The van der Waals surface area contributed by atoms with Crippen molar-refractivity contribution in [2.24, 2.45) is 0 Å². The number of rotatable bonds is 2. The molecule has 88 valence electrons. The molecule has 0 radical (unpaired) electrons. The Bertz CT molecular complexity index is 629. The third-order valence-corrected chi connectivity index (χ3v) is 2.62. The molecule has 2 aromatic rings. The monoisotopic (exact) mass is 235 g/mol. The molecule has 1 heterocycles. The molecule has 1 aromatic heterocycles. The number of carboxylic acids is 2. The van der Waals surface area contributed by atoms with Gasteiger partial charge in [-0.3, -0.25) is 0 Å². The molecular formula is C11H9NO5. The number of carboxylic acid groups (broad SMARTS) is 2. The number of fused-ring (bicyclic) bond motifs is 1. The molecule has 0 aliphatic heterocycles. The van der Waals surface area contributed by atoms with Crippen molar-refractivity contribution in [1.29, 1.82) is 0 Å². The minimum absolute atomic E-state index is 0.0121. The van der Waals surface area contributed by atoms with Gasteiger partial charge in [0, 0.05) is 10.9 Å². The van der Waals surface area contributed by atoms with Crippen molar-refractivity contribution in [3.63, 3.8) is 0 Å². The van der Waals surface area contributed by atoms with Gasteiger partial charge in [-0.2, -0.15) is 0 Å². The Labute approximate surface area is 95.1 Å². The molecule has 0 aliphatic carbocycles. The lowest BCUT2D eigenvalue weighted by Crippen LogP contribution is -1.98. The van der Waals surface area contributed by atoms with Gasteiger partial charge in [0.15, 0.2) is 0 Å². The molecule has 4 N–H and O–H groups in total. The van der Waals surface area contributed by atoms with Crippen LogP contribution in [-0.4, -0.2) is 32.2 Å². The van der Waals surface area contributed by atoms with Gasteiger partial charge in [-0.25, -0.2) is 9.59 Å². The normalized spacial score (nSPS) is 10.6. The van der Waals surface area contributed by atoms with Crippen LogP contribution in [0.1, 0.15) is 26.4 Å². The van der Waals surface area contributed by atoms with Crippen molar-refractivity contribution in [2.75, 3.05) is 0 Å². The largest absolute Gasteiger partial charge is 0.507 e. The van der Waals surface area contributed by atoms with Gasteiger partial charge in [0.05, 0.1) is 0 Å². The number of hydrogen-bond donors (Lipinski definition) is 4. The summed E-state index contributed by atoms with van der Waals surface area (Å²) >= 11 is 0. The molecular weight excluding hydrogens is 226 g/mol. The molecule has 0 bridgehead atoms. The molecule has 0 saturated carbocycles. The lowest BCUT2D eigenvalue weighted by molar-refractivity contribution is 0.0681.